The van der Waals surface area contributed by atoms with Gasteiger partial charge < -0.3 is 15.8 Å². The highest BCUT2D eigenvalue weighted by atomic mass is 35.5. The lowest BCUT2D eigenvalue weighted by Gasteiger charge is -2.29. The van der Waals surface area contributed by atoms with Gasteiger partial charge in [0.25, 0.3) is 5.91 Å². The molecule has 1 amide bonds. The summed E-state index contributed by atoms with van der Waals surface area (Å²) in [6.07, 6.45) is 0.793. The van der Waals surface area contributed by atoms with Crippen LogP contribution in [-0.2, 0) is 4.74 Å². The topological polar surface area (TPSA) is 64.3 Å². The summed E-state index contributed by atoms with van der Waals surface area (Å²) in [5, 5.41) is 3.36. The maximum atomic E-state index is 12.2. The van der Waals surface area contributed by atoms with E-state index in [2.05, 4.69) is 5.32 Å². The fraction of sp³-hybridized carbons (Fsp3) is 0.462. The van der Waals surface area contributed by atoms with Crippen LogP contribution in [0.25, 0.3) is 0 Å². The van der Waals surface area contributed by atoms with Crippen molar-refractivity contribution in [3.05, 3.63) is 28.8 Å². The van der Waals surface area contributed by atoms with E-state index in [0.717, 1.165) is 6.42 Å². The van der Waals surface area contributed by atoms with E-state index in [1.807, 2.05) is 13.8 Å². The number of hydrogen-bond acceptors (Lipinski definition) is 3. The third kappa shape index (κ3) is 2.44. The van der Waals surface area contributed by atoms with Crippen LogP contribution in [0.1, 0.15) is 30.6 Å². The molecule has 2 atom stereocenters. The van der Waals surface area contributed by atoms with Gasteiger partial charge >= 0.3 is 0 Å². The lowest BCUT2D eigenvalue weighted by Crippen LogP contribution is -2.50. The first-order valence-electron chi connectivity index (χ1n) is 5.91. The van der Waals surface area contributed by atoms with E-state index in [1.165, 1.54) is 0 Å². The van der Waals surface area contributed by atoms with Crippen LogP contribution in [-0.4, -0.2) is 24.2 Å². The molecule has 0 radical (unpaired) electrons. The van der Waals surface area contributed by atoms with Crippen LogP contribution in [0.3, 0.4) is 0 Å². The Bertz CT molecular complexity index is 478. The Morgan fingerprint density at radius 3 is 2.89 bits per heavy atom. The summed E-state index contributed by atoms with van der Waals surface area (Å²) in [6.45, 7) is 4.60. The second-order valence-corrected chi connectivity index (χ2v) is 5.28. The predicted octanol–water partition coefficient (Wildman–Crippen LogP) is 2.22. The smallest absolute Gasteiger partial charge is 0.253 e. The first-order chi connectivity index (χ1) is 8.42. The van der Waals surface area contributed by atoms with Gasteiger partial charge in [0.05, 0.1) is 22.2 Å². The van der Waals surface area contributed by atoms with E-state index in [-0.39, 0.29) is 17.6 Å². The number of carbonyl (C=O) groups excluding carboxylic acids is 1. The molecular formula is C13H17ClN2O2. The second-order valence-electron chi connectivity index (χ2n) is 4.87. The number of carbonyl (C=O) groups is 1. The number of hydrogen-bond donors (Lipinski definition) is 2. The van der Waals surface area contributed by atoms with Crippen molar-refractivity contribution >= 4 is 23.2 Å². The number of nitrogen functional groups attached to an aromatic ring is 1. The molecule has 1 aliphatic heterocycles. The average Bonchev–Trinajstić information content (AvgIpc) is 2.58. The number of amides is 1. The van der Waals surface area contributed by atoms with Crippen LogP contribution in [0, 0.1) is 0 Å². The van der Waals surface area contributed by atoms with Crippen molar-refractivity contribution in [1.29, 1.82) is 0 Å². The highest BCUT2D eigenvalue weighted by molar-refractivity contribution is 6.34. The number of anilines is 1. The molecule has 0 spiro atoms. The van der Waals surface area contributed by atoms with Crippen molar-refractivity contribution in [3.63, 3.8) is 0 Å². The van der Waals surface area contributed by atoms with Crippen molar-refractivity contribution in [2.45, 2.75) is 31.9 Å². The molecule has 0 aliphatic carbocycles. The zero-order valence-electron chi connectivity index (χ0n) is 10.5. The van der Waals surface area contributed by atoms with Gasteiger partial charge in [0.15, 0.2) is 0 Å². The Balaban J connectivity index is 2.17. The minimum absolute atomic E-state index is 0.00555. The molecule has 0 bridgehead atoms. The lowest BCUT2D eigenvalue weighted by atomic mass is 9.94. The number of halogens is 1. The molecule has 1 aromatic rings. The van der Waals surface area contributed by atoms with E-state index in [9.17, 15) is 4.79 Å². The summed E-state index contributed by atoms with van der Waals surface area (Å²) in [6, 6.07) is 4.88. The van der Waals surface area contributed by atoms with Crippen molar-refractivity contribution in [1.82, 2.24) is 5.32 Å². The summed E-state index contributed by atoms with van der Waals surface area (Å²) in [5.74, 6) is -0.195. The normalized spacial score (nSPS) is 27.2. The molecular weight excluding hydrogens is 252 g/mol. The van der Waals surface area contributed by atoms with Gasteiger partial charge in [-0.05, 0) is 38.5 Å². The van der Waals surface area contributed by atoms with Crippen molar-refractivity contribution < 1.29 is 9.53 Å². The van der Waals surface area contributed by atoms with E-state index < -0.39 is 0 Å². The van der Waals surface area contributed by atoms with E-state index in [0.29, 0.717) is 22.9 Å². The van der Waals surface area contributed by atoms with Crippen molar-refractivity contribution in [2.75, 3.05) is 12.3 Å². The molecule has 0 aromatic heterocycles. The largest absolute Gasteiger partial charge is 0.399 e. The van der Waals surface area contributed by atoms with Crippen molar-refractivity contribution in [2.24, 2.45) is 0 Å². The van der Waals surface area contributed by atoms with E-state index in [1.54, 1.807) is 18.2 Å². The SMILES string of the molecule is CC1OCCC1(C)NC(=O)c1ccc(N)cc1Cl. The third-order valence-electron chi connectivity index (χ3n) is 3.52. The summed E-state index contributed by atoms with van der Waals surface area (Å²) in [4.78, 5) is 12.2. The molecule has 3 N–H and O–H groups in total. The molecule has 2 unspecified atom stereocenters. The molecule has 5 heteroatoms. The van der Waals surface area contributed by atoms with E-state index >= 15 is 0 Å². The maximum absolute atomic E-state index is 12.2. The molecule has 1 fully saturated rings. The van der Waals surface area contributed by atoms with Gasteiger partial charge in [-0.1, -0.05) is 11.6 Å². The summed E-state index contributed by atoms with van der Waals surface area (Å²) in [7, 11) is 0. The Labute approximate surface area is 111 Å². The standard InChI is InChI=1S/C13H17ClN2O2/c1-8-13(2,5-6-18-8)16-12(17)10-4-3-9(15)7-11(10)14/h3-4,7-8H,5-6,15H2,1-2H3,(H,16,17). The fourth-order valence-corrected chi connectivity index (χ4v) is 2.32. The highest BCUT2D eigenvalue weighted by Crippen LogP contribution is 2.26. The first-order valence-corrected chi connectivity index (χ1v) is 6.29. The molecule has 1 saturated heterocycles. The maximum Gasteiger partial charge on any atom is 0.253 e. The van der Waals surface area contributed by atoms with Gasteiger partial charge in [-0.25, -0.2) is 0 Å². The van der Waals surface area contributed by atoms with Crippen molar-refractivity contribution in [3.8, 4) is 0 Å². The number of rotatable bonds is 2. The second kappa shape index (κ2) is 4.78. The van der Waals surface area contributed by atoms with Crippen LogP contribution < -0.4 is 11.1 Å². The summed E-state index contributed by atoms with van der Waals surface area (Å²) in [5.41, 5.74) is 6.24. The molecule has 18 heavy (non-hydrogen) atoms. The Hall–Kier alpha value is -1.26. The monoisotopic (exact) mass is 268 g/mol. The summed E-state index contributed by atoms with van der Waals surface area (Å²) >= 11 is 6.02. The van der Waals surface area contributed by atoms with Gasteiger partial charge in [0.1, 0.15) is 0 Å². The van der Waals surface area contributed by atoms with Crippen LogP contribution in [0.5, 0.6) is 0 Å². The van der Waals surface area contributed by atoms with E-state index in [4.69, 9.17) is 22.1 Å². The molecule has 2 rings (SSSR count). The Morgan fingerprint density at radius 1 is 1.61 bits per heavy atom. The van der Waals surface area contributed by atoms with Gasteiger partial charge in [-0.3, -0.25) is 4.79 Å². The molecule has 1 heterocycles. The van der Waals surface area contributed by atoms with Crippen LogP contribution in [0.2, 0.25) is 5.02 Å². The minimum atomic E-state index is -0.345. The number of nitrogens with one attached hydrogen (secondary N) is 1. The van der Waals surface area contributed by atoms with Crippen LogP contribution in [0.4, 0.5) is 5.69 Å². The lowest BCUT2D eigenvalue weighted by molar-refractivity contribution is 0.0727. The molecule has 4 nitrogen and oxygen atoms in total. The van der Waals surface area contributed by atoms with Crippen LogP contribution in [0.15, 0.2) is 18.2 Å². The van der Waals surface area contributed by atoms with Gasteiger partial charge in [0, 0.05) is 12.3 Å². The Kier molecular flexibility index (Phi) is 3.50. The molecule has 0 saturated carbocycles. The molecule has 98 valence electrons. The minimum Gasteiger partial charge on any atom is -0.399 e. The Morgan fingerprint density at radius 2 is 2.33 bits per heavy atom. The number of ether oxygens (including phenoxy) is 1. The molecule has 1 aromatic carbocycles. The van der Waals surface area contributed by atoms with Gasteiger partial charge in [0.2, 0.25) is 0 Å². The predicted molar refractivity (Wildman–Crippen MR) is 71.8 cm³/mol. The zero-order chi connectivity index (χ0) is 13.3. The van der Waals surface area contributed by atoms with Crippen LogP contribution >= 0.6 is 11.6 Å². The van der Waals surface area contributed by atoms with Gasteiger partial charge in [-0.2, -0.15) is 0 Å². The number of benzene rings is 1. The fourth-order valence-electron chi connectivity index (χ4n) is 2.04. The highest BCUT2D eigenvalue weighted by Gasteiger charge is 2.38. The zero-order valence-corrected chi connectivity index (χ0v) is 11.3. The first kappa shape index (κ1) is 13.2. The van der Waals surface area contributed by atoms with Gasteiger partial charge in [-0.15, -0.1) is 0 Å². The molecule has 1 aliphatic rings. The average molecular weight is 269 g/mol. The number of nitrogens with two attached hydrogens (primary N) is 1. The third-order valence-corrected chi connectivity index (χ3v) is 3.84. The summed E-state index contributed by atoms with van der Waals surface area (Å²) < 4.78 is 5.49. The quantitative estimate of drug-likeness (QED) is 0.809.